The maximum atomic E-state index is 4.35. The standard InChI is InChI=1S/C22H30N8/c1-18(28-12-14-29(15-13-28)19-8-4-3-5-9-19)16-24-22(23-2)25-17-21-27-26-20-10-6-7-11-30(20)21/h3-11,18H,12-17H2,1-2H3,(H2,23,24,25). The molecule has 3 heterocycles. The van der Waals surface area contributed by atoms with E-state index in [1.165, 1.54) is 5.69 Å². The SMILES string of the molecule is CN=C(NCc1nnc2ccccn12)NCC(C)N1CCN(c2ccccc2)CC1. The molecule has 0 aliphatic carbocycles. The highest BCUT2D eigenvalue weighted by Crippen LogP contribution is 2.16. The zero-order valence-electron chi connectivity index (χ0n) is 17.7. The number of piperazine rings is 1. The Balaban J connectivity index is 1.23. The van der Waals surface area contributed by atoms with Gasteiger partial charge in [0.05, 0.1) is 6.54 Å². The Labute approximate surface area is 177 Å². The van der Waals surface area contributed by atoms with Crippen molar-refractivity contribution >= 4 is 17.3 Å². The summed E-state index contributed by atoms with van der Waals surface area (Å²) in [5, 5.41) is 15.2. The van der Waals surface area contributed by atoms with E-state index in [4.69, 9.17) is 0 Å². The summed E-state index contributed by atoms with van der Waals surface area (Å²) < 4.78 is 1.98. The van der Waals surface area contributed by atoms with Gasteiger partial charge in [-0.2, -0.15) is 0 Å². The third-order valence-corrected chi connectivity index (χ3v) is 5.65. The lowest BCUT2D eigenvalue weighted by Crippen LogP contribution is -2.53. The molecular formula is C22H30N8. The Morgan fingerprint density at radius 3 is 2.53 bits per heavy atom. The van der Waals surface area contributed by atoms with Gasteiger partial charge < -0.3 is 15.5 Å². The number of benzene rings is 1. The second-order valence-electron chi connectivity index (χ2n) is 7.56. The van der Waals surface area contributed by atoms with Crippen LogP contribution in [0.15, 0.2) is 59.7 Å². The van der Waals surface area contributed by atoms with Crippen LogP contribution in [0.2, 0.25) is 0 Å². The van der Waals surface area contributed by atoms with Gasteiger partial charge in [-0.15, -0.1) is 10.2 Å². The van der Waals surface area contributed by atoms with E-state index in [2.05, 4.69) is 72.9 Å². The van der Waals surface area contributed by atoms with Crippen molar-refractivity contribution in [1.29, 1.82) is 0 Å². The van der Waals surface area contributed by atoms with E-state index in [9.17, 15) is 0 Å². The van der Waals surface area contributed by atoms with E-state index >= 15 is 0 Å². The zero-order chi connectivity index (χ0) is 20.8. The molecule has 0 saturated carbocycles. The van der Waals surface area contributed by atoms with Gasteiger partial charge in [-0.05, 0) is 31.2 Å². The molecule has 0 spiro atoms. The number of fused-ring (bicyclic) bond motifs is 1. The molecule has 2 aromatic heterocycles. The maximum absolute atomic E-state index is 4.35. The first kappa shape index (κ1) is 20.2. The highest BCUT2D eigenvalue weighted by Gasteiger charge is 2.21. The van der Waals surface area contributed by atoms with Crippen LogP contribution < -0.4 is 15.5 Å². The minimum absolute atomic E-state index is 0.426. The summed E-state index contributed by atoms with van der Waals surface area (Å²) >= 11 is 0. The first-order valence-corrected chi connectivity index (χ1v) is 10.5. The van der Waals surface area contributed by atoms with Crippen LogP contribution in [0.4, 0.5) is 5.69 Å². The lowest BCUT2D eigenvalue weighted by atomic mass is 10.2. The maximum Gasteiger partial charge on any atom is 0.191 e. The van der Waals surface area contributed by atoms with Crippen LogP contribution in [0.5, 0.6) is 0 Å². The van der Waals surface area contributed by atoms with Gasteiger partial charge in [-0.1, -0.05) is 24.3 Å². The molecule has 2 N–H and O–H groups in total. The average molecular weight is 407 g/mol. The van der Waals surface area contributed by atoms with Gasteiger partial charge in [0.25, 0.3) is 0 Å². The second kappa shape index (κ2) is 9.58. The van der Waals surface area contributed by atoms with Crippen molar-refractivity contribution in [3.05, 3.63) is 60.6 Å². The number of nitrogens with zero attached hydrogens (tertiary/aromatic N) is 6. The lowest BCUT2D eigenvalue weighted by Gasteiger charge is -2.39. The Morgan fingerprint density at radius 1 is 1.00 bits per heavy atom. The summed E-state index contributed by atoms with van der Waals surface area (Å²) in [6, 6.07) is 17.0. The number of pyridine rings is 1. The fourth-order valence-corrected chi connectivity index (χ4v) is 3.83. The number of nitrogens with one attached hydrogen (secondary N) is 2. The molecule has 30 heavy (non-hydrogen) atoms. The Bertz CT molecular complexity index is 959. The Kier molecular flexibility index (Phi) is 6.44. The fraction of sp³-hybridized carbons (Fsp3) is 0.409. The number of aliphatic imine (C=N–C) groups is 1. The number of aromatic nitrogens is 3. The van der Waals surface area contributed by atoms with Gasteiger partial charge in [-0.3, -0.25) is 14.3 Å². The Hall–Kier alpha value is -3.13. The van der Waals surface area contributed by atoms with Crippen LogP contribution in [0.25, 0.3) is 5.65 Å². The quantitative estimate of drug-likeness (QED) is 0.479. The molecule has 1 aliphatic rings. The van der Waals surface area contributed by atoms with Crippen molar-refractivity contribution in [2.24, 2.45) is 4.99 Å². The molecule has 158 valence electrons. The van der Waals surface area contributed by atoms with Crippen molar-refractivity contribution in [3.63, 3.8) is 0 Å². The second-order valence-corrected chi connectivity index (χ2v) is 7.56. The van der Waals surface area contributed by atoms with Crippen molar-refractivity contribution in [2.45, 2.75) is 19.5 Å². The number of para-hydroxylation sites is 1. The van der Waals surface area contributed by atoms with Crippen LogP contribution in [-0.4, -0.2) is 71.3 Å². The molecule has 3 aromatic rings. The lowest BCUT2D eigenvalue weighted by molar-refractivity contribution is 0.197. The molecule has 8 heteroatoms. The van der Waals surface area contributed by atoms with Crippen LogP contribution in [0, 0.1) is 0 Å². The summed E-state index contributed by atoms with van der Waals surface area (Å²) in [7, 11) is 1.79. The van der Waals surface area contributed by atoms with Gasteiger partial charge in [0.1, 0.15) is 0 Å². The molecule has 8 nitrogen and oxygen atoms in total. The summed E-state index contributed by atoms with van der Waals surface area (Å²) in [5.74, 6) is 1.64. The van der Waals surface area contributed by atoms with Gasteiger partial charge in [0, 0.05) is 57.7 Å². The zero-order valence-corrected chi connectivity index (χ0v) is 17.7. The first-order chi connectivity index (χ1) is 14.7. The van der Waals surface area contributed by atoms with Gasteiger partial charge in [0.2, 0.25) is 0 Å². The molecule has 0 amide bonds. The van der Waals surface area contributed by atoms with Crippen LogP contribution in [0.3, 0.4) is 0 Å². The van der Waals surface area contributed by atoms with E-state index in [0.717, 1.165) is 50.2 Å². The van der Waals surface area contributed by atoms with Gasteiger partial charge >= 0.3 is 0 Å². The predicted octanol–water partition coefficient (Wildman–Crippen LogP) is 1.61. The highest BCUT2D eigenvalue weighted by atomic mass is 15.3. The molecule has 1 saturated heterocycles. The van der Waals surface area contributed by atoms with E-state index in [1.807, 2.05) is 28.8 Å². The number of hydrogen-bond acceptors (Lipinski definition) is 5. The Morgan fingerprint density at radius 2 is 1.77 bits per heavy atom. The van der Waals surface area contributed by atoms with Crippen molar-refractivity contribution in [2.75, 3.05) is 44.7 Å². The first-order valence-electron chi connectivity index (χ1n) is 10.5. The number of hydrogen-bond donors (Lipinski definition) is 2. The molecule has 4 rings (SSSR count). The predicted molar refractivity (Wildman–Crippen MR) is 121 cm³/mol. The highest BCUT2D eigenvalue weighted by molar-refractivity contribution is 5.79. The summed E-state index contributed by atoms with van der Waals surface area (Å²) in [6.07, 6.45) is 1.97. The van der Waals surface area contributed by atoms with Crippen molar-refractivity contribution in [1.82, 2.24) is 30.1 Å². The molecule has 1 atom stereocenters. The largest absolute Gasteiger partial charge is 0.369 e. The molecule has 1 aromatic carbocycles. The molecular weight excluding hydrogens is 376 g/mol. The minimum atomic E-state index is 0.426. The average Bonchev–Trinajstić information content (AvgIpc) is 3.23. The van der Waals surface area contributed by atoms with Crippen molar-refractivity contribution in [3.8, 4) is 0 Å². The van der Waals surface area contributed by atoms with E-state index in [-0.39, 0.29) is 0 Å². The summed E-state index contributed by atoms with van der Waals surface area (Å²) in [5.41, 5.74) is 2.16. The molecule has 1 unspecified atom stereocenters. The fourth-order valence-electron chi connectivity index (χ4n) is 3.83. The van der Waals surface area contributed by atoms with E-state index in [0.29, 0.717) is 12.6 Å². The normalized spacial score (nSPS) is 16.6. The number of rotatable bonds is 6. The third-order valence-electron chi connectivity index (χ3n) is 5.65. The molecule has 1 fully saturated rings. The number of guanidine groups is 1. The van der Waals surface area contributed by atoms with Crippen LogP contribution in [0.1, 0.15) is 12.7 Å². The van der Waals surface area contributed by atoms with Crippen molar-refractivity contribution < 1.29 is 0 Å². The van der Waals surface area contributed by atoms with Gasteiger partial charge in [0.15, 0.2) is 17.4 Å². The van der Waals surface area contributed by atoms with Crippen LogP contribution >= 0.6 is 0 Å². The van der Waals surface area contributed by atoms with E-state index < -0.39 is 0 Å². The monoisotopic (exact) mass is 406 g/mol. The molecule has 0 bridgehead atoms. The topological polar surface area (TPSA) is 73.1 Å². The minimum Gasteiger partial charge on any atom is -0.369 e. The summed E-state index contributed by atoms with van der Waals surface area (Å²) in [4.78, 5) is 9.34. The third kappa shape index (κ3) is 4.71. The van der Waals surface area contributed by atoms with Crippen LogP contribution in [-0.2, 0) is 6.54 Å². The van der Waals surface area contributed by atoms with Gasteiger partial charge in [-0.25, -0.2) is 0 Å². The number of anilines is 1. The molecule has 1 aliphatic heterocycles. The van der Waals surface area contributed by atoms with E-state index in [1.54, 1.807) is 7.05 Å². The molecule has 0 radical (unpaired) electrons. The summed E-state index contributed by atoms with van der Waals surface area (Å²) in [6.45, 7) is 7.92. The smallest absolute Gasteiger partial charge is 0.191 e.